The number of rotatable bonds is 11. The van der Waals surface area contributed by atoms with Crippen molar-refractivity contribution in [2.24, 2.45) is 0 Å². The van der Waals surface area contributed by atoms with Gasteiger partial charge in [-0.15, -0.1) is 0 Å². The van der Waals surface area contributed by atoms with Crippen LogP contribution in [0.5, 0.6) is 0 Å². The van der Waals surface area contributed by atoms with Crippen LogP contribution in [0.25, 0.3) is 5.57 Å². The summed E-state index contributed by atoms with van der Waals surface area (Å²) in [5, 5.41) is 14.7. The van der Waals surface area contributed by atoms with Crippen molar-refractivity contribution in [1.82, 2.24) is 10.6 Å². The molecule has 0 aromatic heterocycles. The van der Waals surface area contributed by atoms with Crippen LogP contribution in [0.15, 0.2) is 116 Å². The van der Waals surface area contributed by atoms with Crippen LogP contribution in [0.2, 0.25) is 0 Å². The van der Waals surface area contributed by atoms with Gasteiger partial charge in [-0.1, -0.05) is 126 Å². The van der Waals surface area contributed by atoms with Gasteiger partial charge in [-0.05, 0) is 49.1 Å². The van der Waals surface area contributed by atoms with Crippen LogP contribution in [0.3, 0.4) is 0 Å². The van der Waals surface area contributed by atoms with Crippen LogP contribution in [0.4, 0.5) is 0 Å². The molecule has 4 rings (SSSR count). The van der Waals surface area contributed by atoms with E-state index in [4.69, 9.17) is 4.74 Å². The highest BCUT2D eigenvalue weighted by atomic mass is 16.5. The van der Waals surface area contributed by atoms with Gasteiger partial charge in [0.15, 0.2) is 0 Å². The van der Waals surface area contributed by atoms with Crippen molar-refractivity contribution < 1.29 is 14.3 Å². The van der Waals surface area contributed by atoms with E-state index in [9.17, 15) is 14.9 Å². The maximum absolute atomic E-state index is 13.0. The average Bonchev–Trinajstić information content (AvgIpc) is 3.01. The molecule has 43 heavy (non-hydrogen) atoms. The van der Waals surface area contributed by atoms with Gasteiger partial charge in [-0.3, -0.25) is 9.59 Å². The number of carbonyl (C=O) groups excluding carboxylic acids is 2. The fraction of sp³-hybridized carbons (Fsp3) is 0.216. The van der Waals surface area contributed by atoms with Crippen LogP contribution < -0.4 is 10.6 Å². The van der Waals surface area contributed by atoms with Crippen LogP contribution in [0.1, 0.15) is 46.2 Å². The second-order valence-electron chi connectivity index (χ2n) is 10.4. The topological polar surface area (TPSA) is 91.2 Å². The molecular weight excluding hydrogens is 534 g/mol. The number of carbonyl (C=O) groups is 2. The molecule has 2 amide bonds. The van der Waals surface area contributed by atoms with Crippen LogP contribution in [-0.4, -0.2) is 31.0 Å². The maximum Gasteiger partial charge on any atom is 0.240 e. The minimum absolute atomic E-state index is 0.0319. The van der Waals surface area contributed by atoms with E-state index >= 15 is 0 Å². The number of nitrogens with zero attached hydrogens (tertiary/aromatic N) is 1. The third-order valence-electron chi connectivity index (χ3n) is 6.59. The van der Waals surface area contributed by atoms with Gasteiger partial charge in [0, 0.05) is 0 Å². The lowest BCUT2D eigenvalue weighted by Gasteiger charge is -2.18. The summed E-state index contributed by atoms with van der Waals surface area (Å²) in [5.74, 6) is -1.30. The van der Waals surface area contributed by atoms with Crippen molar-refractivity contribution in [2.45, 2.75) is 39.3 Å². The Morgan fingerprint density at radius 3 is 1.93 bits per heavy atom. The summed E-state index contributed by atoms with van der Waals surface area (Å²) in [7, 11) is 0. The number of ether oxygens (including phenoxy) is 1. The summed E-state index contributed by atoms with van der Waals surface area (Å²) >= 11 is 0. The summed E-state index contributed by atoms with van der Waals surface area (Å²) in [5.41, 5.74) is 7.27. The Morgan fingerprint density at radius 1 is 0.837 bits per heavy atom. The van der Waals surface area contributed by atoms with Crippen LogP contribution >= 0.6 is 0 Å². The zero-order valence-electron chi connectivity index (χ0n) is 25.0. The van der Waals surface area contributed by atoms with Crippen molar-refractivity contribution in [3.8, 4) is 6.07 Å². The van der Waals surface area contributed by atoms with E-state index in [-0.39, 0.29) is 19.1 Å². The van der Waals surface area contributed by atoms with Gasteiger partial charge in [-0.2, -0.15) is 5.26 Å². The molecular formula is C37H39N3O3. The summed E-state index contributed by atoms with van der Waals surface area (Å²) in [4.78, 5) is 25.4. The second kappa shape index (κ2) is 17.1. The smallest absolute Gasteiger partial charge is 0.240 e. The van der Waals surface area contributed by atoms with E-state index in [0.717, 1.165) is 27.8 Å². The number of hydrogen-bond donors (Lipinski definition) is 2. The van der Waals surface area contributed by atoms with E-state index in [1.54, 1.807) is 0 Å². The monoisotopic (exact) mass is 573 g/mol. The molecule has 0 aliphatic heterocycles. The number of allylic oxidation sites excluding steroid dienone is 1. The molecule has 1 atom stereocenters. The lowest BCUT2D eigenvalue weighted by atomic mass is 9.90. The zero-order chi connectivity index (χ0) is 31.0. The predicted molar refractivity (Wildman–Crippen MR) is 172 cm³/mol. The molecule has 2 N–H and O–H groups in total. The molecule has 0 saturated heterocycles. The first-order valence-corrected chi connectivity index (χ1v) is 14.2. The molecule has 0 fully saturated rings. The molecule has 0 saturated carbocycles. The number of aryl methyl sites for hydroxylation is 2. The minimum atomic E-state index is -0.831. The van der Waals surface area contributed by atoms with Gasteiger partial charge in [0.2, 0.25) is 11.8 Å². The Bertz CT molecular complexity index is 1470. The van der Waals surface area contributed by atoms with Crippen molar-refractivity contribution in [3.05, 3.63) is 149 Å². The third-order valence-corrected chi connectivity index (χ3v) is 6.59. The maximum atomic E-state index is 13.0. The normalized spacial score (nSPS) is 11.0. The molecule has 4 aromatic rings. The highest BCUT2D eigenvalue weighted by Crippen LogP contribution is 2.24. The molecule has 220 valence electrons. The van der Waals surface area contributed by atoms with E-state index in [1.165, 1.54) is 11.1 Å². The van der Waals surface area contributed by atoms with E-state index in [0.29, 0.717) is 6.61 Å². The molecule has 6 heteroatoms. The van der Waals surface area contributed by atoms with Crippen LogP contribution in [-0.2, 0) is 20.9 Å². The van der Waals surface area contributed by atoms with Gasteiger partial charge in [0.25, 0.3) is 0 Å². The largest absolute Gasteiger partial charge is 0.374 e. The number of nitriles is 1. The van der Waals surface area contributed by atoms with Gasteiger partial charge in [0.05, 0.1) is 31.7 Å². The molecule has 0 spiro atoms. The van der Waals surface area contributed by atoms with Gasteiger partial charge in [-0.25, -0.2) is 0 Å². The van der Waals surface area contributed by atoms with Gasteiger partial charge < -0.3 is 15.4 Å². The van der Waals surface area contributed by atoms with Crippen LogP contribution in [0, 0.1) is 25.2 Å². The summed E-state index contributed by atoms with van der Waals surface area (Å²) in [6.07, 6.45) is 0. The molecule has 0 bridgehead atoms. The first-order chi connectivity index (χ1) is 20.8. The standard InChI is InChI=1S/C29H29N3O3.C8H10/c1-21(2)25-15-9-10-22(16-25)19-35-20-26(17-30)32-27(33)18-31-29(34)28(23-11-5-3-6-12-23)24-13-7-4-8-14-24;1-7-4-3-5-8(2)6-7/h3-16,26,28H,1,18-20H2,2H3,(H,31,34)(H,32,33);3-6H,1-2H3. The summed E-state index contributed by atoms with van der Waals surface area (Å²) in [6, 6.07) is 36.2. The SMILES string of the molecule is C=C(C)c1cccc(COCC(C#N)NC(=O)CNC(=O)C(c2ccccc2)c2ccccc2)c1.Cc1cccc(C)c1. The summed E-state index contributed by atoms with van der Waals surface area (Å²) < 4.78 is 5.63. The molecule has 0 aliphatic carbocycles. The second-order valence-corrected chi connectivity index (χ2v) is 10.4. The van der Waals surface area contributed by atoms with E-state index < -0.39 is 17.9 Å². The first kappa shape index (κ1) is 32.5. The Hall–Kier alpha value is -4.99. The minimum Gasteiger partial charge on any atom is -0.374 e. The third kappa shape index (κ3) is 11.1. The predicted octanol–water partition coefficient (Wildman–Crippen LogP) is 6.50. The number of nitrogens with one attached hydrogen (secondary N) is 2. The molecule has 1 unspecified atom stereocenters. The highest BCUT2D eigenvalue weighted by molar-refractivity contribution is 5.90. The van der Waals surface area contributed by atoms with E-state index in [1.807, 2.05) is 97.9 Å². The lowest BCUT2D eigenvalue weighted by Crippen LogP contribution is -2.44. The van der Waals surface area contributed by atoms with Crippen molar-refractivity contribution in [1.29, 1.82) is 5.26 Å². The Balaban J connectivity index is 0.000000546. The average molecular weight is 574 g/mol. The Labute approximate surface area is 255 Å². The number of benzene rings is 4. The Morgan fingerprint density at radius 2 is 1.42 bits per heavy atom. The zero-order valence-corrected chi connectivity index (χ0v) is 25.0. The fourth-order valence-electron chi connectivity index (χ4n) is 4.44. The number of hydrogen-bond acceptors (Lipinski definition) is 4. The molecule has 6 nitrogen and oxygen atoms in total. The van der Waals surface area contributed by atoms with Crippen molar-refractivity contribution in [3.63, 3.8) is 0 Å². The molecule has 0 aliphatic rings. The molecule has 0 radical (unpaired) electrons. The summed E-state index contributed by atoms with van der Waals surface area (Å²) in [6.45, 7) is 10.2. The highest BCUT2D eigenvalue weighted by Gasteiger charge is 2.23. The first-order valence-electron chi connectivity index (χ1n) is 14.2. The van der Waals surface area contributed by atoms with Gasteiger partial charge in [0.1, 0.15) is 6.04 Å². The molecule has 4 aromatic carbocycles. The van der Waals surface area contributed by atoms with Crippen molar-refractivity contribution in [2.75, 3.05) is 13.2 Å². The van der Waals surface area contributed by atoms with Crippen molar-refractivity contribution >= 4 is 17.4 Å². The van der Waals surface area contributed by atoms with E-state index in [2.05, 4.69) is 55.3 Å². The fourth-order valence-corrected chi connectivity index (χ4v) is 4.44. The van der Waals surface area contributed by atoms with Gasteiger partial charge >= 0.3 is 0 Å². The number of amides is 2. The Kier molecular flexibility index (Phi) is 12.9. The quantitative estimate of drug-likeness (QED) is 0.214. The molecule has 0 heterocycles. The lowest BCUT2D eigenvalue weighted by molar-refractivity contribution is -0.126.